The van der Waals surface area contributed by atoms with Crippen molar-refractivity contribution in [3.63, 3.8) is 0 Å². The predicted molar refractivity (Wildman–Crippen MR) is 82.2 cm³/mol. The van der Waals surface area contributed by atoms with Gasteiger partial charge in [-0.15, -0.1) is 0 Å². The van der Waals surface area contributed by atoms with Gasteiger partial charge in [0.15, 0.2) is 0 Å². The second kappa shape index (κ2) is 7.81. The average molecular weight is 289 g/mol. The number of aliphatic hydroxyl groups excluding tert-OH is 1. The van der Waals surface area contributed by atoms with Gasteiger partial charge in [0.25, 0.3) is 0 Å². The van der Waals surface area contributed by atoms with E-state index in [0.29, 0.717) is 13.1 Å². The highest BCUT2D eigenvalue weighted by atomic mass is 16.5. The molecule has 0 aliphatic heterocycles. The fourth-order valence-electron chi connectivity index (χ4n) is 2.03. The summed E-state index contributed by atoms with van der Waals surface area (Å²) in [7, 11) is 1.89. The van der Waals surface area contributed by atoms with Gasteiger partial charge < -0.3 is 15.2 Å². The molecule has 0 aliphatic rings. The summed E-state index contributed by atoms with van der Waals surface area (Å²) in [6.45, 7) is 3.51. The lowest BCUT2D eigenvalue weighted by atomic mass is 10.2. The van der Waals surface area contributed by atoms with E-state index in [1.165, 1.54) is 5.56 Å². The summed E-state index contributed by atoms with van der Waals surface area (Å²) < 4.78 is 7.37. The molecule has 5 nitrogen and oxygen atoms in total. The van der Waals surface area contributed by atoms with Crippen LogP contribution in [0, 0.1) is 0 Å². The second-order valence-corrected chi connectivity index (χ2v) is 5.08. The molecule has 114 valence electrons. The molecule has 5 heteroatoms. The number of ether oxygens (including phenoxy) is 1. The first-order valence-corrected chi connectivity index (χ1v) is 7.26. The number of rotatable bonds is 8. The lowest BCUT2D eigenvalue weighted by molar-refractivity contribution is 0.106. The third kappa shape index (κ3) is 5.21. The molecule has 0 aliphatic carbocycles. The van der Waals surface area contributed by atoms with Crippen LogP contribution in [0.1, 0.15) is 18.2 Å². The van der Waals surface area contributed by atoms with E-state index in [9.17, 15) is 5.11 Å². The third-order valence-electron chi connectivity index (χ3n) is 3.20. The van der Waals surface area contributed by atoms with Crippen LogP contribution >= 0.6 is 0 Å². The van der Waals surface area contributed by atoms with Crippen molar-refractivity contribution in [2.45, 2.75) is 26.0 Å². The van der Waals surface area contributed by atoms with Crippen molar-refractivity contribution in [2.24, 2.45) is 7.05 Å². The van der Waals surface area contributed by atoms with Crippen LogP contribution in [0.4, 0.5) is 0 Å². The van der Waals surface area contributed by atoms with E-state index in [2.05, 4.69) is 23.4 Å². The van der Waals surface area contributed by atoms with Crippen LogP contribution in [0.3, 0.4) is 0 Å². The molecule has 1 aromatic carbocycles. The van der Waals surface area contributed by atoms with Gasteiger partial charge in [0.2, 0.25) is 0 Å². The highest BCUT2D eigenvalue weighted by Gasteiger charge is 2.06. The van der Waals surface area contributed by atoms with Crippen molar-refractivity contribution in [3.05, 3.63) is 47.8 Å². The second-order valence-electron chi connectivity index (χ2n) is 5.08. The van der Waals surface area contributed by atoms with Gasteiger partial charge in [-0.05, 0) is 30.2 Å². The Morgan fingerprint density at radius 3 is 2.95 bits per heavy atom. The van der Waals surface area contributed by atoms with Crippen molar-refractivity contribution < 1.29 is 9.84 Å². The molecule has 2 N–H and O–H groups in total. The summed E-state index contributed by atoms with van der Waals surface area (Å²) in [5.41, 5.74) is 2.19. The molecular formula is C16H23N3O2. The van der Waals surface area contributed by atoms with E-state index in [4.69, 9.17) is 4.74 Å². The maximum atomic E-state index is 9.91. The SMILES string of the molecule is CCc1cccc(OCC(O)CNCc2ccn(C)n2)c1. The van der Waals surface area contributed by atoms with Crippen molar-refractivity contribution in [1.29, 1.82) is 0 Å². The van der Waals surface area contributed by atoms with Gasteiger partial charge in [-0.3, -0.25) is 4.68 Å². The number of hydrogen-bond acceptors (Lipinski definition) is 4. The quantitative estimate of drug-likeness (QED) is 0.773. The number of nitrogens with zero attached hydrogens (tertiary/aromatic N) is 2. The standard InChI is InChI=1S/C16H23N3O2/c1-3-13-5-4-6-16(9-13)21-12-15(20)11-17-10-14-7-8-19(2)18-14/h4-9,15,17,20H,3,10-12H2,1-2H3. The molecular weight excluding hydrogens is 266 g/mol. The van der Waals surface area contributed by atoms with E-state index in [-0.39, 0.29) is 6.61 Å². The van der Waals surface area contributed by atoms with Crippen molar-refractivity contribution >= 4 is 0 Å². The molecule has 1 atom stereocenters. The first kappa shape index (κ1) is 15.5. The summed E-state index contributed by atoms with van der Waals surface area (Å²) in [5.74, 6) is 0.804. The fourth-order valence-corrected chi connectivity index (χ4v) is 2.03. The summed E-state index contributed by atoms with van der Waals surface area (Å²) in [6, 6.07) is 9.91. The van der Waals surface area contributed by atoms with E-state index < -0.39 is 6.10 Å². The fraction of sp³-hybridized carbons (Fsp3) is 0.438. The van der Waals surface area contributed by atoms with Crippen LogP contribution in [0.15, 0.2) is 36.5 Å². The average Bonchev–Trinajstić information content (AvgIpc) is 2.91. The molecule has 0 fully saturated rings. The topological polar surface area (TPSA) is 59.3 Å². The molecule has 1 heterocycles. The van der Waals surface area contributed by atoms with Gasteiger partial charge in [0.05, 0.1) is 5.69 Å². The number of nitrogens with one attached hydrogen (secondary N) is 1. The van der Waals surface area contributed by atoms with Crippen molar-refractivity contribution in [3.8, 4) is 5.75 Å². The summed E-state index contributed by atoms with van der Waals surface area (Å²) in [6.07, 6.45) is 2.34. The molecule has 0 saturated heterocycles. The van der Waals surface area contributed by atoms with E-state index >= 15 is 0 Å². The van der Waals surface area contributed by atoms with Gasteiger partial charge in [0.1, 0.15) is 18.5 Å². The minimum absolute atomic E-state index is 0.280. The summed E-state index contributed by atoms with van der Waals surface area (Å²) in [5, 5.41) is 17.3. The maximum Gasteiger partial charge on any atom is 0.119 e. The number of benzene rings is 1. The van der Waals surface area contributed by atoms with Crippen LogP contribution in [0.2, 0.25) is 0 Å². The van der Waals surface area contributed by atoms with Gasteiger partial charge >= 0.3 is 0 Å². The van der Waals surface area contributed by atoms with Gasteiger partial charge in [-0.25, -0.2) is 0 Å². The van der Waals surface area contributed by atoms with Crippen LogP contribution in [-0.4, -0.2) is 34.1 Å². The first-order chi connectivity index (χ1) is 10.2. The molecule has 0 saturated carbocycles. The Labute approximate surface area is 125 Å². The molecule has 2 aromatic rings. The minimum atomic E-state index is -0.543. The predicted octanol–water partition coefficient (Wildman–Crippen LogP) is 1.51. The van der Waals surface area contributed by atoms with Crippen molar-refractivity contribution in [1.82, 2.24) is 15.1 Å². The van der Waals surface area contributed by atoms with Gasteiger partial charge in [-0.1, -0.05) is 19.1 Å². The van der Waals surface area contributed by atoms with Crippen LogP contribution in [0.25, 0.3) is 0 Å². The monoisotopic (exact) mass is 289 g/mol. The Bertz CT molecular complexity index is 554. The number of aryl methyl sites for hydroxylation is 2. The zero-order valence-electron chi connectivity index (χ0n) is 12.6. The Kier molecular flexibility index (Phi) is 5.78. The number of aromatic nitrogens is 2. The first-order valence-electron chi connectivity index (χ1n) is 7.26. The third-order valence-corrected chi connectivity index (χ3v) is 3.20. The highest BCUT2D eigenvalue weighted by molar-refractivity contribution is 5.28. The molecule has 0 amide bonds. The normalized spacial score (nSPS) is 12.3. The molecule has 1 aromatic heterocycles. The Morgan fingerprint density at radius 1 is 1.38 bits per heavy atom. The largest absolute Gasteiger partial charge is 0.491 e. The molecule has 2 rings (SSSR count). The lowest BCUT2D eigenvalue weighted by Crippen LogP contribution is -2.31. The molecule has 1 unspecified atom stereocenters. The molecule has 0 spiro atoms. The minimum Gasteiger partial charge on any atom is -0.491 e. The Hall–Kier alpha value is -1.85. The van der Waals surface area contributed by atoms with E-state index in [1.54, 1.807) is 4.68 Å². The van der Waals surface area contributed by atoms with Crippen LogP contribution in [0.5, 0.6) is 5.75 Å². The highest BCUT2D eigenvalue weighted by Crippen LogP contribution is 2.13. The maximum absolute atomic E-state index is 9.91. The lowest BCUT2D eigenvalue weighted by Gasteiger charge is -2.13. The Morgan fingerprint density at radius 2 is 2.24 bits per heavy atom. The van der Waals surface area contributed by atoms with E-state index in [0.717, 1.165) is 17.9 Å². The number of hydrogen-bond donors (Lipinski definition) is 2. The smallest absolute Gasteiger partial charge is 0.119 e. The molecule has 21 heavy (non-hydrogen) atoms. The zero-order valence-corrected chi connectivity index (χ0v) is 12.6. The van der Waals surface area contributed by atoms with Crippen molar-refractivity contribution in [2.75, 3.05) is 13.2 Å². The Balaban J connectivity index is 1.68. The zero-order chi connectivity index (χ0) is 15.1. The number of aliphatic hydroxyl groups is 1. The summed E-state index contributed by atoms with van der Waals surface area (Å²) >= 11 is 0. The van der Waals surface area contributed by atoms with E-state index in [1.807, 2.05) is 37.5 Å². The van der Waals surface area contributed by atoms with Gasteiger partial charge in [-0.2, -0.15) is 5.10 Å². The van der Waals surface area contributed by atoms with Gasteiger partial charge in [0, 0.05) is 26.3 Å². The molecule has 0 bridgehead atoms. The molecule has 0 radical (unpaired) electrons. The summed E-state index contributed by atoms with van der Waals surface area (Å²) in [4.78, 5) is 0. The van der Waals surface area contributed by atoms with Crippen LogP contribution < -0.4 is 10.1 Å². The van der Waals surface area contributed by atoms with Crippen LogP contribution in [-0.2, 0) is 20.0 Å².